The fraction of sp³-hybridized carbons (Fsp3) is 0.917. The smallest absolute Gasteiger partial charge is 0.177 e. The molecule has 5 heteroatoms. The SMILES string of the molecule is Cn1nnc(CC(O)CCC2CCCCC2)n1. The highest BCUT2D eigenvalue weighted by atomic mass is 16.3. The molecule has 0 bridgehead atoms. The van der Waals surface area contributed by atoms with Gasteiger partial charge in [-0.05, 0) is 24.0 Å². The number of hydrogen-bond donors (Lipinski definition) is 1. The Labute approximate surface area is 102 Å². The van der Waals surface area contributed by atoms with Crippen LogP contribution < -0.4 is 0 Å². The van der Waals surface area contributed by atoms with Gasteiger partial charge in [0.05, 0.1) is 13.2 Å². The second-order valence-corrected chi connectivity index (χ2v) is 5.13. The van der Waals surface area contributed by atoms with Crippen molar-refractivity contribution in [1.29, 1.82) is 0 Å². The zero-order chi connectivity index (χ0) is 12.1. The molecule has 96 valence electrons. The molecule has 1 aromatic heterocycles. The summed E-state index contributed by atoms with van der Waals surface area (Å²) in [4.78, 5) is 1.43. The Morgan fingerprint density at radius 2 is 2.12 bits per heavy atom. The fourth-order valence-electron chi connectivity index (χ4n) is 2.62. The van der Waals surface area contributed by atoms with Crippen molar-refractivity contribution in [3.63, 3.8) is 0 Å². The summed E-state index contributed by atoms with van der Waals surface area (Å²) in [7, 11) is 1.74. The summed E-state index contributed by atoms with van der Waals surface area (Å²) in [5.74, 6) is 1.47. The third-order valence-electron chi connectivity index (χ3n) is 3.60. The predicted octanol–water partition coefficient (Wildman–Crippen LogP) is 1.47. The molecule has 1 aliphatic rings. The van der Waals surface area contributed by atoms with Crippen LogP contribution in [-0.4, -0.2) is 31.4 Å². The van der Waals surface area contributed by atoms with Gasteiger partial charge >= 0.3 is 0 Å². The van der Waals surface area contributed by atoms with Gasteiger partial charge in [0.2, 0.25) is 0 Å². The number of aryl methyl sites for hydroxylation is 1. The number of tetrazole rings is 1. The zero-order valence-corrected chi connectivity index (χ0v) is 10.5. The number of aliphatic hydroxyl groups excluding tert-OH is 1. The van der Waals surface area contributed by atoms with Crippen LogP contribution in [0.1, 0.15) is 50.8 Å². The first-order valence-electron chi connectivity index (χ1n) is 6.65. The highest BCUT2D eigenvalue weighted by molar-refractivity contribution is 4.81. The van der Waals surface area contributed by atoms with Crippen molar-refractivity contribution in [2.45, 2.75) is 57.5 Å². The number of aliphatic hydroxyl groups is 1. The first-order chi connectivity index (χ1) is 8.24. The second-order valence-electron chi connectivity index (χ2n) is 5.13. The molecule has 1 atom stereocenters. The van der Waals surface area contributed by atoms with Crippen LogP contribution in [0.2, 0.25) is 0 Å². The van der Waals surface area contributed by atoms with Crippen molar-refractivity contribution in [1.82, 2.24) is 20.2 Å². The van der Waals surface area contributed by atoms with Crippen LogP contribution in [0.4, 0.5) is 0 Å². The summed E-state index contributed by atoms with van der Waals surface area (Å²) in [6, 6.07) is 0. The Balaban J connectivity index is 1.68. The van der Waals surface area contributed by atoms with Crippen molar-refractivity contribution >= 4 is 0 Å². The Hall–Kier alpha value is -0.970. The second kappa shape index (κ2) is 6.10. The van der Waals surface area contributed by atoms with Crippen LogP contribution in [0.25, 0.3) is 0 Å². The lowest BCUT2D eigenvalue weighted by atomic mass is 9.85. The van der Waals surface area contributed by atoms with Gasteiger partial charge in [0.1, 0.15) is 0 Å². The molecule has 0 saturated heterocycles. The van der Waals surface area contributed by atoms with E-state index in [0.29, 0.717) is 12.2 Å². The summed E-state index contributed by atoms with van der Waals surface area (Å²) >= 11 is 0. The molecule has 1 fully saturated rings. The maximum absolute atomic E-state index is 9.93. The summed E-state index contributed by atoms with van der Waals surface area (Å²) in [5.41, 5.74) is 0. The maximum Gasteiger partial charge on any atom is 0.177 e. The maximum atomic E-state index is 9.93. The number of nitrogens with zero attached hydrogens (tertiary/aromatic N) is 4. The van der Waals surface area contributed by atoms with E-state index in [1.165, 1.54) is 36.9 Å². The van der Waals surface area contributed by atoms with E-state index >= 15 is 0 Å². The average molecular weight is 238 g/mol. The molecule has 1 unspecified atom stereocenters. The molecule has 0 spiro atoms. The Morgan fingerprint density at radius 1 is 1.35 bits per heavy atom. The molecule has 1 aliphatic carbocycles. The van der Waals surface area contributed by atoms with Crippen LogP contribution in [0.15, 0.2) is 0 Å². The van der Waals surface area contributed by atoms with Crippen molar-refractivity contribution in [2.24, 2.45) is 13.0 Å². The van der Waals surface area contributed by atoms with E-state index in [-0.39, 0.29) is 6.10 Å². The lowest BCUT2D eigenvalue weighted by Gasteiger charge is -2.22. The number of rotatable bonds is 5. The molecule has 1 N–H and O–H groups in total. The van der Waals surface area contributed by atoms with Gasteiger partial charge in [0.15, 0.2) is 5.82 Å². The van der Waals surface area contributed by atoms with Gasteiger partial charge in [-0.1, -0.05) is 32.1 Å². The fourth-order valence-corrected chi connectivity index (χ4v) is 2.62. The van der Waals surface area contributed by atoms with Gasteiger partial charge in [-0.3, -0.25) is 0 Å². The van der Waals surface area contributed by atoms with Gasteiger partial charge in [-0.15, -0.1) is 10.2 Å². The van der Waals surface area contributed by atoms with Gasteiger partial charge in [0, 0.05) is 6.42 Å². The summed E-state index contributed by atoms with van der Waals surface area (Å²) in [5, 5.41) is 21.7. The molecule has 0 amide bonds. The Bertz CT molecular complexity index is 333. The van der Waals surface area contributed by atoms with Gasteiger partial charge in [-0.25, -0.2) is 0 Å². The molecule has 2 rings (SSSR count). The predicted molar refractivity (Wildman–Crippen MR) is 64.3 cm³/mol. The van der Waals surface area contributed by atoms with Crippen LogP contribution in [0.5, 0.6) is 0 Å². The minimum absolute atomic E-state index is 0.318. The number of aromatic nitrogens is 4. The van der Waals surface area contributed by atoms with Gasteiger partial charge in [-0.2, -0.15) is 4.80 Å². The highest BCUT2D eigenvalue weighted by Gasteiger charge is 2.16. The highest BCUT2D eigenvalue weighted by Crippen LogP contribution is 2.27. The standard InChI is InChI=1S/C12H22N4O/c1-16-14-12(13-15-16)9-11(17)8-7-10-5-3-2-4-6-10/h10-11,17H,2-9H2,1H3. The van der Waals surface area contributed by atoms with E-state index in [2.05, 4.69) is 15.4 Å². The molecule has 0 radical (unpaired) electrons. The van der Waals surface area contributed by atoms with Crippen molar-refractivity contribution in [3.05, 3.63) is 5.82 Å². The molecule has 17 heavy (non-hydrogen) atoms. The molecular weight excluding hydrogens is 216 g/mol. The van der Waals surface area contributed by atoms with E-state index in [4.69, 9.17) is 0 Å². The first kappa shape index (κ1) is 12.5. The van der Waals surface area contributed by atoms with Crippen molar-refractivity contribution in [2.75, 3.05) is 0 Å². The number of hydrogen-bond acceptors (Lipinski definition) is 4. The van der Waals surface area contributed by atoms with E-state index in [1.807, 2.05) is 0 Å². The van der Waals surface area contributed by atoms with E-state index < -0.39 is 0 Å². The lowest BCUT2D eigenvalue weighted by Crippen LogP contribution is -2.15. The third kappa shape index (κ3) is 4.07. The monoisotopic (exact) mass is 238 g/mol. The average Bonchev–Trinajstić information content (AvgIpc) is 2.73. The first-order valence-corrected chi connectivity index (χ1v) is 6.65. The minimum atomic E-state index is -0.318. The van der Waals surface area contributed by atoms with Gasteiger partial charge < -0.3 is 5.11 Å². The van der Waals surface area contributed by atoms with Crippen molar-refractivity contribution in [3.8, 4) is 0 Å². The minimum Gasteiger partial charge on any atom is -0.393 e. The lowest BCUT2D eigenvalue weighted by molar-refractivity contribution is 0.147. The van der Waals surface area contributed by atoms with Crippen LogP contribution in [0.3, 0.4) is 0 Å². The largest absolute Gasteiger partial charge is 0.393 e. The van der Waals surface area contributed by atoms with Crippen LogP contribution >= 0.6 is 0 Å². The van der Waals surface area contributed by atoms with Gasteiger partial charge in [0.25, 0.3) is 0 Å². The van der Waals surface area contributed by atoms with Crippen LogP contribution in [0, 0.1) is 5.92 Å². The molecule has 1 heterocycles. The molecule has 1 aromatic rings. The van der Waals surface area contributed by atoms with E-state index in [1.54, 1.807) is 7.05 Å². The topological polar surface area (TPSA) is 63.8 Å². The van der Waals surface area contributed by atoms with Crippen molar-refractivity contribution < 1.29 is 5.11 Å². The zero-order valence-electron chi connectivity index (χ0n) is 10.5. The summed E-state index contributed by atoms with van der Waals surface area (Å²) in [6.45, 7) is 0. The quantitative estimate of drug-likeness (QED) is 0.843. The van der Waals surface area contributed by atoms with Crippen LogP contribution in [-0.2, 0) is 13.5 Å². The third-order valence-corrected chi connectivity index (χ3v) is 3.60. The molecular formula is C12H22N4O. The molecule has 0 aliphatic heterocycles. The van der Waals surface area contributed by atoms with E-state index in [9.17, 15) is 5.11 Å². The molecule has 0 aromatic carbocycles. The summed E-state index contributed by atoms with van der Waals surface area (Å²) in [6.07, 6.45) is 9.03. The normalized spacial score (nSPS) is 19.4. The van der Waals surface area contributed by atoms with E-state index in [0.717, 1.165) is 18.8 Å². The Kier molecular flexibility index (Phi) is 4.48. The molecule has 1 saturated carbocycles. The Morgan fingerprint density at radius 3 is 2.76 bits per heavy atom. The molecule has 5 nitrogen and oxygen atoms in total. The summed E-state index contributed by atoms with van der Waals surface area (Å²) < 4.78 is 0.